The number of rotatable bonds is 5. The SMILES string of the molecule is COc1ccc(Cn2cc(C(=O)N3CCC[C@H]([C@@H](C)N)C3)cn2)cc1. The Morgan fingerprint density at radius 2 is 2.16 bits per heavy atom. The Morgan fingerprint density at radius 1 is 1.40 bits per heavy atom. The fourth-order valence-corrected chi connectivity index (χ4v) is 3.28. The molecule has 1 aromatic carbocycles. The number of hydrogen-bond acceptors (Lipinski definition) is 4. The lowest BCUT2D eigenvalue weighted by atomic mass is 9.92. The Kier molecular flexibility index (Phi) is 5.38. The summed E-state index contributed by atoms with van der Waals surface area (Å²) in [7, 11) is 1.65. The molecule has 1 aliphatic heterocycles. The molecule has 0 bridgehead atoms. The highest BCUT2D eigenvalue weighted by atomic mass is 16.5. The number of hydrogen-bond donors (Lipinski definition) is 1. The minimum Gasteiger partial charge on any atom is -0.497 e. The molecule has 0 saturated carbocycles. The first-order chi connectivity index (χ1) is 12.1. The van der Waals surface area contributed by atoms with Crippen molar-refractivity contribution in [3.8, 4) is 5.75 Å². The van der Waals surface area contributed by atoms with Crippen LogP contribution in [0.15, 0.2) is 36.7 Å². The number of likely N-dealkylation sites (tertiary alicyclic amines) is 1. The number of carbonyl (C=O) groups is 1. The zero-order valence-corrected chi connectivity index (χ0v) is 14.9. The summed E-state index contributed by atoms with van der Waals surface area (Å²) in [5.41, 5.74) is 7.76. The molecule has 0 aliphatic carbocycles. The fourth-order valence-electron chi connectivity index (χ4n) is 3.28. The number of carbonyl (C=O) groups excluding carboxylic acids is 1. The molecule has 1 amide bonds. The highest BCUT2D eigenvalue weighted by Crippen LogP contribution is 2.20. The Labute approximate surface area is 148 Å². The average molecular weight is 342 g/mol. The van der Waals surface area contributed by atoms with E-state index in [2.05, 4.69) is 5.10 Å². The van der Waals surface area contributed by atoms with Gasteiger partial charge in [0, 0.05) is 25.3 Å². The van der Waals surface area contributed by atoms with Crippen LogP contribution in [-0.4, -0.2) is 46.8 Å². The molecule has 1 aliphatic rings. The molecule has 0 radical (unpaired) electrons. The molecular formula is C19H26N4O2. The summed E-state index contributed by atoms with van der Waals surface area (Å²) in [5, 5.41) is 4.34. The van der Waals surface area contributed by atoms with Crippen molar-refractivity contribution in [3.05, 3.63) is 47.8 Å². The van der Waals surface area contributed by atoms with Crippen molar-refractivity contribution in [3.63, 3.8) is 0 Å². The van der Waals surface area contributed by atoms with Crippen LogP contribution in [0.4, 0.5) is 0 Å². The predicted molar refractivity (Wildman–Crippen MR) is 96.6 cm³/mol. The molecule has 2 aromatic rings. The molecule has 25 heavy (non-hydrogen) atoms. The molecule has 1 saturated heterocycles. The van der Waals surface area contributed by atoms with E-state index < -0.39 is 0 Å². The average Bonchev–Trinajstić information content (AvgIpc) is 3.10. The van der Waals surface area contributed by atoms with Gasteiger partial charge in [-0.3, -0.25) is 9.48 Å². The molecule has 2 N–H and O–H groups in total. The summed E-state index contributed by atoms with van der Waals surface area (Å²) in [4.78, 5) is 14.6. The first-order valence-electron chi connectivity index (χ1n) is 8.77. The maximum absolute atomic E-state index is 12.7. The summed E-state index contributed by atoms with van der Waals surface area (Å²) >= 11 is 0. The Bertz CT molecular complexity index is 708. The van der Waals surface area contributed by atoms with Crippen molar-refractivity contribution in [2.45, 2.75) is 32.4 Å². The molecule has 3 rings (SSSR count). The van der Waals surface area contributed by atoms with E-state index in [0.29, 0.717) is 18.0 Å². The third-order valence-electron chi connectivity index (χ3n) is 4.87. The van der Waals surface area contributed by atoms with Crippen molar-refractivity contribution in [1.29, 1.82) is 0 Å². The maximum atomic E-state index is 12.7. The number of nitrogens with zero attached hydrogens (tertiary/aromatic N) is 3. The number of benzene rings is 1. The van der Waals surface area contributed by atoms with Gasteiger partial charge in [0.05, 0.1) is 25.4 Å². The van der Waals surface area contributed by atoms with Crippen LogP contribution in [0.3, 0.4) is 0 Å². The van der Waals surface area contributed by atoms with Crippen molar-refractivity contribution in [2.75, 3.05) is 20.2 Å². The van der Waals surface area contributed by atoms with Crippen LogP contribution in [-0.2, 0) is 6.54 Å². The van der Waals surface area contributed by atoms with Crippen LogP contribution >= 0.6 is 0 Å². The van der Waals surface area contributed by atoms with E-state index in [-0.39, 0.29) is 11.9 Å². The fraction of sp³-hybridized carbons (Fsp3) is 0.474. The number of amides is 1. The largest absolute Gasteiger partial charge is 0.497 e. The van der Waals surface area contributed by atoms with Crippen molar-refractivity contribution in [1.82, 2.24) is 14.7 Å². The molecule has 6 nitrogen and oxygen atoms in total. The van der Waals surface area contributed by atoms with Crippen molar-refractivity contribution >= 4 is 5.91 Å². The van der Waals surface area contributed by atoms with E-state index in [1.807, 2.05) is 42.3 Å². The molecule has 2 heterocycles. The lowest BCUT2D eigenvalue weighted by Crippen LogP contribution is -2.45. The minimum atomic E-state index is 0.0475. The molecular weight excluding hydrogens is 316 g/mol. The second-order valence-corrected chi connectivity index (χ2v) is 6.79. The lowest BCUT2D eigenvalue weighted by molar-refractivity contribution is 0.0661. The van der Waals surface area contributed by atoms with Crippen molar-refractivity contribution < 1.29 is 9.53 Å². The Morgan fingerprint density at radius 3 is 2.84 bits per heavy atom. The second kappa shape index (κ2) is 7.70. The second-order valence-electron chi connectivity index (χ2n) is 6.79. The molecule has 0 spiro atoms. The highest BCUT2D eigenvalue weighted by molar-refractivity contribution is 5.93. The van der Waals surface area contributed by atoms with Gasteiger partial charge in [-0.05, 0) is 43.4 Å². The highest BCUT2D eigenvalue weighted by Gasteiger charge is 2.27. The monoisotopic (exact) mass is 342 g/mol. The molecule has 134 valence electrons. The summed E-state index contributed by atoms with van der Waals surface area (Å²) in [6.07, 6.45) is 5.58. The normalized spacial score (nSPS) is 18.8. The first kappa shape index (κ1) is 17.5. The van der Waals surface area contributed by atoms with E-state index in [9.17, 15) is 4.79 Å². The molecule has 2 atom stereocenters. The number of aromatic nitrogens is 2. The third kappa shape index (κ3) is 4.20. The Balaban J connectivity index is 1.64. The van der Waals surface area contributed by atoms with E-state index in [1.54, 1.807) is 18.0 Å². The van der Waals surface area contributed by atoms with Crippen LogP contribution in [0.2, 0.25) is 0 Å². The molecule has 1 aromatic heterocycles. The zero-order valence-electron chi connectivity index (χ0n) is 14.9. The third-order valence-corrected chi connectivity index (χ3v) is 4.87. The van der Waals surface area contributed by atoms with Gasteiger partial charge in [0.25, 0.3) is 5.91 Å². The Hall–Kier alpha value is -2.34. The van der Waals surface area contributed by atoms with Crippen LogP contribution < -0.4 is 10.5 Å². The van der Waals surface area contributed by atoms with Gasteiger partial charge in [0.2, 0.25) is 0 Å². The van der Waals surface area contributed by atoms with Crippen LogP contribution in [0.25, 0.3) is 0 Å². The van der Waals surface area contributed by atoms with Gasteiger partial charge >= 0.3 is 0 Å². The smallest absolute Gasteiger partial charge is 0.257 e. The van der Waals surface area contributed by atoms with Gasteiger partial charge < -0.3 is 15.4 Å². The van der Waals surface area contributed by atoms with Crippen LogP contribution in [0, 0.1) is 5.92 Å². The van der Waals surface area contributed by atoms with Gasteiger partial charge in [-0.1, -0.05) is 12.1 Å². The number of piperidine rings is 1. The number of ether oxygens (including phenoxy) is 1. The van der Waals surface area contributed by atoms with Gasteiger partial charge in [0.15, 0.2) is 0 Å². The topological polar surface area (TPSA) is 73.4 Å². The summed E-state index contributed by atoms with van der Waals surface area (Å²) in [6.45, 7) is 4.18. The van der Waals surface area contributed by atoms with E-state index in [4.69, 9.17) is 10.5 Å². The van der Waals surface area contributed by atoms with Crippen molar-refractivity contribution in [2.24, 2.45) is 11.7 Å². The van der Waals surface area contributed by atoms with Gasteiger partial charge in [0.1, 0.15) is 5.75 Å². The molecule has 6 heteroatoms. The van der Waals surface area contributed by atoms with Crippen LogP contribution in [0.1, 0.15) is 35.7 Å². The summed E-state index contributed by atoms with van der Waals surface area (Å²) < 4.78 is 6.96. The maximum Gasteiger partial charge on any atom is 0.257 e. The van der Waals surface area contributed by atoms with Gasteiger partial charge in [-0.25, -0.2) is 0 Å². The minimum absolute atomic E-state index is 0.0475. The van der Waals surface area contributed by atoms with E-state index in [0.717, 1.165) is 37.2 Å². The van der Waals surface area contributed by atoms with Gasteiger partial charge in [-0.15, -0.1) is 0 Å². The summed E-state index contributed by atoms with van der Waals surface area (Å²) in [6, 6.07) is 7.97. The van der Waals surface area contributed by atoms with Gasteiger partial charge in [-0.2, -0.15) is 5.10 Å². The standard InChI is InChI=1S/C19H26N4O2/c1-14(20)16-4-3-9-22(12-16)19(24)17-10-21-23(13-17)11-15-5-7-18(25-2)8-6-15/h5-8,10,13-14,16H,3-4,9,11-12,20H2,1-2H3/t14-,16+/m1/s1. The zero-order chi connectivity index (χ0) is 17.8. The molecule has 0 unspecified atom stereocenters. The van der Waals surface area contributed by atoms with E-state index in [1.165, 1.54) is 0 Å². The van der Waals surface area contributed by atoms with E-state index >= 15 is 0 Å². The number of methoxy groups -OCH3 is 1. The predicted octanol–water partition coefficient (Wildman–Crippen LogP) is 2.14. The lowest BCUT2D eigenvalue weighted by Gasteiger charge is -2.34. The quantitative estimate of drug-likeness (QED) is 0.903. The first-order valence-corrected chi connectivity index (χ1v) is 8.77. The van der Waals surface area contributed by atoms with Crippen LogP contribution in [0.5, 0.6) is 5.75 Å². The molecule has 1 fully saturated rings. The number of nitrogens with two attached hydrogens (primary N) is 1. The summed E-state index contributed by atoms with van der Waals surface area (Å²) in [5.74, 6) is 1.26.